The van der Waals surface area contributed by atoms with Gasteiger partial charge in [-0.2, -0.15) is 0 Å². The minimum atomic E-state index is 0.338. The van der Waals surface area contributed by atoms with Crippen LogP contribution in [0.4, 0.5) is 0 Å². The number of hydrogen-bond acceptors (Lipinski definition) is 2. The van der Waals surface area contributed by atoms with Gasteiger partial charge in [-0.05, 0) is 25.9 Å². The molecule has 11 heavy (non-hydrogen) atoms. The highest BCUT2D eigenvalue weighted by Gasteiger charge is 2.14. The number of rotatable bonds is 3. The zero-order valence-corrected chi connectivity index (χ0v) is 7.42. The second-order valence-electron chi connectivity index (χ2n) is 3.63. The average Bonchev–Trinajstić information content (AvgIpc) is 2.01. The molecular formula is C8H18BNO. The van der Waals surface area contributed by atoms with Gasteiger partial charge in [-0.3, -0.25) is 0 Å². The molecule has 1 heterocycles. The fraction of sp³-hybridized carbons (Fsp3) is 1.00. The molecule has 1 aliphatic rings. The van der Waals surface area contributed by atoms with E-state index in [2.05, 4.69) is 12.7 Å². The van der Waals surface area contributed by atoms with Crippen molar-refractivity contribution in [3.05, 3.63) is 0 Å². The summed E-state index contributed by atoms with van der Waals surface area (Å²) in [5, 5.41) is 8.64. The van der Waals surface area contributed by atoms with E-state index < -0.39 is 0 Å². The maximum Gasteiger partial charge on any atom is 0.107 e. The van der Waals surface area contributed by atoms with Gasteiger partial charge in [0.1, 0.15) is 7.85 Å². The van der Waals surface area contributed by atoms with Crippen LogP contribution < -0.4 is 0 Å². The van der Waals surface area contributed by atoms with Gasteiger partial charge in [-0.15, -0.1) is 0 Å². The van der Waals surface area contributed by atoms with Gasteiger partial charge in [0.15, 0.2) is 0 Å². The van der Waals surface area contributed by atoms with Crippen LogP contribution in [0.1, 0.15) is 19.3 Å². The molecule has 0 aromatic rings. The molecule has 3 heteroatoms. The Labute approximate surface area is 70.0 Å². The van der Waals surface area contributed by atoms with Gasteiger partial charge < -0.3 is 10.0 Å². The molecule has 0 aromatic carbocycles. The summed E-state index contributed by atoms with van der Waals surface area (Å²) in [6.45, 7) is 3.90. The van der Waals surface area contributed by atoms with Crippen LogP contribution >= 0.6 is 0 Å². The summed E-state index contributed by atoms with van der Waals surface area (Å²) < 4.78 is 0. The Morgan fingerprint density at radius 3 is 3.00 bits per heavy atom. The topological polar surface area (TPSA) is 23.5 Å². The first-order valence-electron chi connectivity index (χ1n) is 4.66. The van der Waals surface area contributed by atoms with E-state index in [-0.39, 0.29) is 0 Å². The fourth-order valence-electron chi connectivity index (χ4n) is 1.78. The third-order valence-corrected chi connectivity index (χ3v) is 2.37. The van der Waals surface area contributed by atoms with Crippen molar-refractivity contribution in [3.8, 4) is 0 Å². The minimum absolute atomic E-state index is 0.338. The predicted octanol–water partition coefficient (Wildman–Crippen LogP) is -0.114. The summed E-state index contributed by atoms with van der Waals surface area (Å²) in [5.74, 6) is 0.863. The minimum Gasteiger partial charge on any atom is -0.396 e. The molecule has 0 aromatic heterocycles. The molecule has 64 valence electrons. The van der Waals surface area contributed by atoms with Crippen molar-refractivity contribution in [1.82, 2.24) is 4.90 Å². The van der Waals surface area contributed by atoms with Crippen molar-refractivity contribution >= 4 is 7.85 Å². The van der Waals surface area contributed by atoms with Crippen molar-refractivity contribution in [2.45, 2.75) is 25.1 Å². The second kappa shape index (κ2) is 4.78. The molecule has 1 fully saturated rings. The second-order valence-corrected chi connectivity index (χ2v) is 3.63. The lowest BCUT2D eigenvalue weighted by Crippen LogP contribution is -2.34. The van der Waals surface area contributed by atoms with Crippen molar-refractivity contribution in [1.29, 1.82) is 0 Å². The van der Waals surface area contributed by atoms with E-state index in [9.17, 15) is 0 Å². The summed E-state index contributed by atoms with van der Waals surface area (Å²) in [4.78, 5) is 2.46. The smallest absolute Gasteiger partial charge is 0.107 e. The summed E-state index contributed by atoms with van der Waals surface area (Å²) in [5.41, 5.74) is 0. The zero-order chi connectivity index (χ0) is 8.10. The van der Waals surface area contributed by atoms with E-state index in [1.165, 1.54) is 25.9 Å². The molecule has 2 nitrogen and oxygen atoms in total. The monoisotopic (exact) mass is 155 g/mol. The Balaban J connectivity index is 2.12. The third-order valence-electron chi connectivity index (χ3n) is 2.37. The average molecular weight is 155 g/mol. The molecule has 0 saturated carbocycles. The van der Waals surface area contributed by atoms with Crippen molar-refractivity contribution in [2.75, 3.05) is 26.2 Å². The van der Waals surface area contributed by atoms with Crippen LogP contribution in [0.5, 0.6) is 0 Å². The third kappa shape index (κ3) is 3.26. The summed E-state index contributed by atoms with van der Waals surface area (Å²) in [7, 11) is 2.31. The highest BCUT2D eigenvalue weighted by atomic mass is 16.3. The number of aliphatic hydroxyl groups is 1. The summed E-state index contributed by atoms with van der Waals surface area (Å²) in [6.07, 6.45) is 3.66. The number of aliphatic hydroxyl groups excluding tert-OH is 1. The first-order valence-corrected chi connectivity index (χ1v) is 4.66. The van der Waals surface area contributed by atoms with Gasteiger partial charge in [0, 0.05) is 13.2 Å². The highest BCUT2D eigenvalue weighted by Crippen LogP contribution is 2.17. The Morgan fingerprint density at radius 1 is 1.55 bits per heavy atom. The van der Waals surface area contributed by atoms with Gasteiger partial charge in [0.2, 0.25) is 0 Å². The fourth-order valence-corrected chi connectivity index (χ4v) is 1.78. The van der Waals surface area contributed by atoms with Crippen LogP contribution in [0.15, 0.2) is 0 Å². The normalized spacial score (nSPS) is 27.2. The molecule has 0 radical (unpaired) electrons. The Morgan fingerprint density at radius 2 is 2.36 bits per heavy atom. The van der Waals surface area contributed by atoms with Gasteiger partial charge in [-0.1, -0.05) is 12.2 Å². The van der Waals surface area contributed by atoms with Gasteiger partial charge in [0.05, 0.1) is 0 Å². The predicted molar refractivity (Wildman–Crippen MR) is 49.7 cm³/mol. The summed E-state index contributed by atoms with van der Waals surface area (Å²) in [6, 6.07) is 0. The molecule has 1 saturated heterocycles. The van der Waals surface area contributed by atoms with Crippen molar-refractivity contribution < 1.29 is 5.11 Å². The molecule has 1 atom stereocenters. The molecule has 0 spiro atoms. The lowest BCUT2D eigenvalue weighted by Gasteiger charge is -2.30. The maximum absolute atomic E-state index is 8.64. The van der Waals surface area contributed by atoms with Crippen LogP contribution in [-0.2, 0) is 0 Å². The van der Waals surface area contributed by atoms with Crippen LogP contribution in [0.3, 0.4) is 0 Å². The van der Waals surface area contributed by atoms with E-state index in [0.717, 1.165) is 18.8 Å². The van der Waals surface area contributed by atoms with Crippen LogP contribution in [0, 0.1) is 0 Å². The van der Waals surface area contributed by atoms with E-state index >= 15 is 0 Å². The number of nitrogens with zero attached hydrogens (tertiary/aromatic N) is 1. The zero-order valence-electron chi connectivity index (χ0n) is 7.42. The highest BCUT2D eigenvalue weighted by molar-refractivity contribution is 6.11. The Kier molecular flexibility index (Phi) is 3.94. The van der Waals surface area contributed by atoms with Gasteiger partial charge >= 0.3 is 0 Å². The van der Waals surface area contributed by atoms with Gasteiger partial charge in [0.25, 0.3) is 0 Å². The molecule has 1 unspecified atom stereocenters. The van der Waals surface area contributed by atoms with E-state index in [1.54, 1.807) is 0 Å². The summed E-state index contributed by atoms with van der Waals surface area (Å²) >= 11 is 0. The Hall–Kier alpha value is -0.0151. The van der Waals surface area contributed by atoms with E-state index in [1.807, 2.05) is 0 Å². The maximum atomic E-state index is 8.64. The van der Waals surface area contributed by atoms with Crippen molar-refractivity contribution in [3.63, 3.8) is 0 Å². The number of hydrogen-bond donors (Lipinski definition) is 1. The first-order chi connectivity index (χ1) is 5.33. The van der Waals surface area contributed by atoms with Crippen LogP contribution in [0.25, 0.3) is 0 Å². The van der Waals surface area contributed by atoms with Crippen LogP contribution in [0.2, 0.25) is 5.82 Å². The van der Waals surface area contributed by atoms with Crippen LogP contribution in [-0.4, -0.2) is 44.1 Å². The lowest BCUT2D eigenvalue weighted by molar-refractivity contribution is 0.199. The van der Waals surface area contributed by atoms with E-state index in [0.29, 0.717) is 6.61 Å². The molecule has 0 amide bonds. The van der Waals surface area contributed by atoms with Gasteiger partial charge in [-0.25, -0.2) is 0 Å². The molecule has 0 bridgehead atoms. The first kappa shape index (κ1) is 9.08. The Bertz CT molecular complexity index is 110. The molecular weight excluding hydrogens is 137 g/mol. The largest absolute Gasteiger partial charge is 0.396 e. The quantitative estimate of drug-likeness (QED) is 0.574. The lowest BCUT2D eigenvalue weighted by atomic mass is 9.81. The molecule has 1 N–H and O–H groups in total. The molecule has 1 rings (SSSR count). The molecule has 1 aliphatic heterocycles. The SMILES string of the molecule is BC1CCCN(CCCO)C1. The standard InChI is InChI=1S/C8H18BNO/c9-8-3-1-4-10(7-8)5-2-6-11/h8,11H,1-7,9H2. The molecule has 0 aliphatic carbocycles. The number of likely N-dealkylation sites (tertiary alicyclic amines) is 1. The number of piperidine rings is 1. The van der Waals surface area contributed by atoms with Crippen molar-refractivity contribution in [2.24, 2.45) is 0 Å². The van der Waals surface area contributed by atoms with E-state index in [4.69, 9.17) is 5.11 Å².